The zero-order valence-electron chi connectivity index (χ0n) is 28.3. The highest BCUT2D eigenvalue weighted by Gasteiger charge is 2.38. The van der Waals surface area contributed by atoms with Gasteiger partial charge in [-0.05, 0) is 77.4 Å². The molecule has 0 fully saturated rings. The highest BCUT2D eigenvalue weighted by atomic mass is 19.4. The van der Waals surface area contributed by atoms with Crippen molar-refractivity contribution in [1.82, 2.24) is 14.5 Å². The lowest BCUT2D eigenvalue weighted by atomic mass is 9.77. The summed E-state index contributed by atoms with van der Waals surface area (Å²) in [7, 11) is 0. The molecule has 260 valence electrons. The van der Waals surface area contributed by atoms with Crippen molar-refractivity contribution >= 4 is 12.2 Å². The summed E-state index contributed by atoms with van der Waals surface area (Å²) in [6.07, 6.45) is 7.21. The third-order valence-corrected chi connectivity index (χ3v) is 9.03. The summed E-state index contributed by atoms with van der Waals surface area (Å²) in [4.78, 5) is 9.27. The molecule has 0 amide bonds. The molecular weight excluding hydrogens is 659 g/mol. The lowest BCUT2D eigenvalue weighted by Gasteiger charge is -2.37. The van der Waals surface area contributed by atoms with Gasteiger partial charge in [-0.25, -0.2) is 9.97 Å². The van der Waals surface area contributed by atoms with E-state index < -0.39 is 17.3 Å². The van der Waals surface area contributed by atoms with Gasteiger partial charge in [-0.1, -0.05) is 115 Å². The second kappa shape index (κ2) is 15.4. The number of halogens is 3. The highest BCUT2D eigenvalue weighted by Crippen LogP contribution is 2.41. The molecule has 2 heterocycles. The van der Waals surface area contributed by atoms with Crippen LogP contribution in [0.5, 0.6) is 5.75 Å². The molecule has 0 unspecified atom stereocenters. The number of ether oxygens (including phenoxy) is 1. The second-order valence-corrected chi connectivity index (χ2v) is 12.5. The van der Waals surface area contributed by atoms with Crippen LogP contribution < -0.4 is 4.74 Å². The van der Waals surface area contributed by atoms with Crippen molar-refractivity contribution in [3.05, 3.63) is 209 Å². The average Bonchev–Trinajstić information content (AvgIpc) is 3.85. The van der Waals surface area contributed by atoms with Crippen LogP contribution in [0.15, 0.2) is 163 Å². The minimum Gasteiger partial charge on any atom is -0.487 e. The van der Waals surface area contributed by atoms with Crippen molar-refractivity contribution in [1.29, 1.82) is 0 Å². The number of aromatic nitrogens is 3. The molecule has 7 aromatic rings. The Balaban J connectivity index is 0.959. The molecule has 0 aliphatic heterocycles. The Labute approximate surface area is 300 Å². The maximum Gasteiger partial charge on any atom is 0.416 e. The Morgan fingerprint density at radius 1 is 0.635 bits per heavy atom. The van der Waals surface area contributed by atoms with Crippen molar-refractivity contribution < 1.29 is 22.3 Å². The number of alkyl halides is 3. The van der Waals surface area contributed by atoms with E-state index in [9.17, 15) is 13.2 Å². The first kappa shape index (κ1) is 34.3. The topological polar surface area (TPSA) is 53.1 Å². The first-order valence-corrected chi connectivity index (χ1v) is 17.1. The van der Waals surface area contributed by atoms with Crippen molar-refractivity contribution in [2.45, 2.75) is 37.6 Å². The van der Waals surface area contributed by atoms with Gasteiger partial charge in [0.25, 0.3) is 0 Å². The molecular formula is C44H36F3N3O2. The van der Waals surface area contributed by atoms with Crippen LogP contribution in [0, 0.1) is 0 Å². The standard InChI is InChI=1S/C44H36F3N3O2/c45-44(46,47)38-24-19-34(20-25-38)23-28-42-49-40(31-52-42)30-51-41-26-21-33(22-27-41)11-10-18-39-29-50(32-48-39)43(35-12-4-1-5-13-35,36-14-6-2-7-15-36)37-16-8-3-9-17-37/h1-9,12-17,19-29,31-32H,10-11,18,30H2/b28-23+. The second-order valence-electron chi connectivity index (χ2n) is 12.5. The van der Waals surface area contributed by atoms with E-state index in [0.717, 1.165) is 53.8 Å². The van der Waals surface area contributed by atoms with Crippen LogP contribution in [0.2, 0.25) is 0 Å². The molecule has 0 saturated heterocycles. The number of benzene rings is 5. The fraction of sp³-hybridized carbons (Fsp3) is 0.136. The lowest BCUT2D eigenvalue weighted by Crippen LogP contribution is -2.36. The molecule has 0 spiro atoms. The minimum absolute atomic E-state index is 0.218. The van der Waals surface area contributed by atoms with Gasteiger partial charge in [-0.2, -0.15) is 13.2 Å². The largest absolute Gasteiger partial charge is 0.487 e. The van der Waals surface area contributed by atoms with Gasteiger partial charge < -0.3 is 13.7 Å². The van der Waals surface area contributed by atoms with Gasteiger partial charge in [-0.3, -0.25) is 0 Å². The number of nitrogens with zero attached hydrogens (tertiary/aromatic N) is 3. The number of hydrogen-bond acceptors (Lipinski definition) is 4. The summed E-state index contributed by atoms with van der Waals surface area (Å²) in [5.74, 6) is 1.05. The van der Waals surface area contributed by atoms with Gasteiger partial charge in [0.05, 0.1) is 17.6 Å². The van der Waals surface area contributed by atoms with E-state index in [2.05, 4.69) is 101 Å². The Kier molecular flexibility index (Phi) is 10.2. The van der Waals surface area contributed by atoms with Gasteiger partial charge in [-0.15, -0.1) is 0 Å². The van der Waals surface area contributed by atoms with E-state index in [1.165, 1.54) is 24.0 Å². The molecule has 0 aliphatic rings. The molecule has 0 aliphatic carbocycles. The SMILES string of the molecule is FC(F)(F)c1ccc(/C=C/c2nc(COc3ccc(CCCc4cn(C(c5ccccc5)(c5ccccc5)c5ccccc5)cn4)cc3)co2)cc1. The summed E-state index contributed by atoms with van der Waals surface area (Å²) in [6.45, 7) is 0.218. The third kappa shape index (κ3) is 7.76. The van der Waals surface area contributed by atoms with Crippen LogP contribution in [0.1, 0.15) is 57.1 Å². The van der Waals surface area contributed by atoms with E-state index in [0.29, 0.717) is 22.9 Å². The van der Waals surface area contributed by atoms with Crippen molar-refractivity contribution in [3.8, 4) is 5.75 Å². The molecule has 5 aromatic carbocycles. The summed E-state index contributed by atoms with van der Waals surface area (Å²) >= 11 is 0. The molecule has 7 rings (SSSR count). The number of aryl methyl sites for hydroxylation is 2. The quantitative estimate of drug-likeness (QED) is 0.113. The highest BCUT2D eigenvalue weighted by molar-refractivity contribution is 5.66. The number of oxazole rings is 1. The molecule has 2 aromatic heterocycles. The van der Waals surface area contributed by atoms with Crippen LogP contribution in [0.25, 0.3) is 12.2 Å². The first-order valence-electron chi connectivity index (χ1n) is 17.1. The summed E-state index contributed by atoms with van der Waals surface area (Å²) in [5, 5.41) is 0. The normalized spacial score (nSPS) is 12.0. The molecule has 52 heavy (non-hydrogen) atoms. The number of hydrogen-bond donors (Lipinski definition) is 0. The molecule has 0 bridgehead atoms. The van der Waals surface area contributed by atoms with Gasteiger partial charge in [0.15, 0.2) is 0 Å². The minimum atomic E-state index is -4.36. The van der Waals surface area contributed by atoms with Crippen molar-refractivity contribution in [2.75, 3.05) is 0 Å². The van der Waals surface area contributed by atoms with Crippen molar-refractivity contribution in [3.63, 3.8) is 0 Å². The molecule has 0 atom stereocenters. The fourth-order valence-corrected chi connectivity index (χ4v) is 6.46. The molecule has 0 saturated carbocycles. The zero-order chi connectivity index (χ0) is 35.8. The zero-order valence-corrected chi connectivity index (χ0v) is 28.3. The van der Waals surface area contributed by atoms with Gasteiger partial charge >= 0.3 is 6.18 Å². The van der Waals surface area contributed by atoms with Crippen LogP contribution in [0.3, 0.4) is 0 Å². The van der Waals surface area contributed by atoms with Gasteiger partial charge in [0.2, 0.25) is 5.89 Å². The van der Waals surface area contributed by atoms with Gasteiger partial charge in [0.1, 0.15) is 29.9 Å². The van der Waals surface area contributed by atoms with Crippen LogP contribution >= 0.6 is 0 Å². The van der Waals surface area contributed by atoms with E-state index in [-0.39, 0.29) is 6.61 Å². The predicted octanol–water partition coefficient (Wildman–Crippen LogP) is 10.7. The monoisotopic (exact) mass is 695 g/mol. The summed E-state index contributed by atoms with van der Waals surface area (Å²) < 4.78 is 52.0. The smallest absolute Gasteiger partial charge is 0.416 e. The van der Waals surface area contributed by atoms with E-state index in [4.69, 9.17) is 14.1 Å². The number of rotatable bonds is 13. The Hall–Kier alpha value is -6.15. The Bertz CT molecular complexity index is 2090. The van der Waals surface area contributed by atoms with Crippen LogP contribution in [0.4, 0.5) is 13.2 Å². The van der Waals surface area contributed by atoms with Crippen LogP contribution in [-0.4, -0.2) is 14.5 Å². The maximum atomic E-state index is 12.8. The first-order chi connectivity index (χ1) is 25.4. The average molecular weight is 696 g/mol. The predicted molar refractivity (Wildman–Crippen MR) is 197 cm³/mol. The lowest BCUT2D eigenvalue weighted by molar-refractivity contribution is -0.137. The molecule has 0 N–H and O–H groups in total. The van der Waals surface area contributed by atoms with E-state index in [1.54, 1.807) is 12.2 Å². The Morgan fingerprint density at radius 3 is 1.81 bits per heavy atom. The molecule has 8 heteroatoms. The number of imidazole rings is 1. The van der Waals surface area contributed by atoms with Crippen LogP contribution in [-0.2, 0) is 31.2 Å². The molecule has 0 radical (unpaired) electrons. The summed E-state index contributed by atoms with van der Waals surface area (Å²) in [6, 6.07) is 44.7. The summed E-state index contributed by atoms with van der Waals surface area (Å²) in [5.41, 5.74) is 5.67. The van der Waals surface area contributed by atoms with Gasteiger partial charge in [0, 0.05) is 12.3 Å². The van der Waals surface area contributed by atoms with E-state index in [1.807, 2.05) is 36.7 Å². The fourth-order valence-electron chi connectivity index (χ4n) is 6.46. The van der Waals surface area contributed by atoms with Crippen molar-refractivity contribution in [2.24, 2.45) is 0 Å². The maximum absolute atomic E-state index is 12.8. The van der Waals surface area contributed by atoms with E-state index >= 15 is 0 Å². The molecule has 5 nitrogen and oxygen atoms in total. The third-order valence-electron chi connectivity index (χ3n) is 9.03. The Morgan fingerprint density at radius 2 is 1.23 bits per heavy atom.